The first kappa shape index (κ1) is 16.3. The van der Waals surface area contributed by atoms with Gasteiger partial charge >= 0.3 is 5.97 Å². The molecular weight excluding hydrogens is 332 g/mol. The minimum atomic E-state index is -3.70. The predicted molar refractivity (Wildman–Crippen MR) is 85.8 cm³/mol. The van der Waals surface area contributed by atoms with Gasteiger partial charge < -0.3 is 10.5 Å². The standard InChI is InChI=1S/C15H16N4O4S/c16-12-4-3-11(23-15(20)13-10-17-5-6-18-13)9-14(12)24(21,22)19-7-1-2-8-19/h3-6,9-10H,1-2,7-8,16H2. The van der Waals surface area contributed by atoms with Gasteiger partial charge in [0.15, 0.2) is 5.69 Å². The van der Waals surface area contributed by atoms with Gasteiger partial charge in [-0.15, -0.1) is 0 Å². The summed E-state index contributed by atoms with van der Waals surface area (Å²) in [6.45, 7) is 0.927. The van der Waals surface area contributed by atoms with Crippen LogP contribution in [0.2, 0.25) is 0 Å². The molecule has 0 spiro atoms. The molecule has 0 radical (unpaired) electrons. The van der Waals surface area contributed by atoms with Crippen LogP contribution in [0.5, 0.6) is 5.75 Å². The summed E-state index contributed by atoms with van der Waals surface area (Å²) in [5.74, 6) is -0.644. The zero-order valence-electron chi connectivity index (χ0n) is 12.8. The van der Waals surface area contributed by atoms with Crippen LogP contribution in [0.1, 0.15) is 23.3 Å². The zero-order valence-corrected chi connectivity index (χ0v) is 13.6. The fourth-order valence-electron chi connectivity index (χ4n) is 2.43. The van der Waals surface area contributed by atoms with E-state index in [2.05, 4.69) is 9.97 Å². The van der Waals surface area contributed by atoms with Crippen LogP contribution in [0, 0.1) is 0 Å². The van der Waals surface area contributed by atoms with E-state index in [1.54, 1.807) is 0 Å². The summed E-state index contributed by atoms with van der Waals surface area (Å²) in [7, 11) is -3.70. The summed E-state index contributed by atoms with van der Waals surface area (Å²) in [6.07, 6.45) is 5.70. The Morgan fingerprint density at radius 3 is 2.62 bits per heavy atom. The predicted octanol–water partition coefficient (Wildman–Crippen LogP) is 1.06. The van der Waals surface area contributed by atoms with E-state index < -0.39 is 16.0 Å². The second kappa shape index (κ2) is 6.54. The Morgan fingerprint density at radius 2 is 1.96 bits per heavy atom. The highest BCUT2D eigenvalue weighted by molar-refractivity contribution is 7.89. The fraction of sp³-hybridized carbons (Fsp3) is 0.267. The maximum Gasteiger partial charge on any atom is 0.363 e. The number of anilines is 1. The third kappa shape index (κ3) is 3.22. The van der Waals surface area contributed by atoms with Gasteiger partial charge in [0.1, 0.15) is 10.6 Å². The number of rotatable bonds is 4. The van der Waals surface area contributed by atoms with Gasteiger partial charge in [-0.2, -0.15) is 4.31 Å². The molecule has 3 rings (SSSR count). The van der Waals surface area contributed by atoms with Crippen LogP contribution < -0.4 is 10.5 Å². The lowest BCUT2D eigenvalue weighted by molar-refractivity contribution is 0.0727. The number of aromatic nitrogens is 2. The van der Waals surface area contributed by atoms with Crippen LogP contribution >= 0.6 is 0 Å². The second-order valence-corrected chi connectivity index (χ2v) is 7.20. The number of nitrogens with zero attached hydrogens (tertiary/aromatic N) is 3. The molecule has 1 aliphatic heterocycles. The lowest BCUT2D eigenvalue weighted by Crippen LogP contribution is -2.28. The number of nitrogens with two attached hydrogens (primary N) is 1. The third-order valence-electron chi connectivity index (χ3n) is 3.65. The Kier molecular flexibility index (Phi) is 4.45. The van der Waals surface area contributed by atoms with Crippen molar-refractivity contribution in [2.24, 2.45) is 0 Å². The molecule has 1 saturated heterocycles. The van der Waals surface area contributed by atoms with Crippen LogP contribution in [0.15, 0.2) is 41.7 Å². The molecule has 24 heavy (non-hydrogen) atoms. The minimum absolute atomic E-state index is 0.0262. The van der Waals surface area contributed by atoms with Gasteiger partial charge in [-0.25, -0.2) is 18.2 Å². The summed E-state index contributed by atoms with van der Waals surface area (Å²) in [5.41, 5.74) is 5.95. The molecule has 1 aromatic heterocycles. The molecule has 0 aliphatic carbocycles. The minimum Gasteiger partial charge on any atom is -0.422 e. The topological polar surface area (TPSA) is 115 Å². The molecule has 0 unspecified atom stereocenters. The van der Waals surface area contributed by atoms with Crippen molar-refractivity contribution in [3.63, 3.8) is 0 Å². The SMILES string of the molecule is Nc1ccc(OC(=O)c2cnccn2)cc1S(=O)(=O)N1CCCC1. The number of esters is 1. The van der Waals surface area contributed by atoms with Crippen molar-refractivity contribution < 1.29 is 17.9 Å². The molecular formula is C15H16N4O4S. The largest absolute Gasteiger partial charge is 0.422 e. The van der Waals surface area contributed by atoms with Crippen molar-refractivity contribution in [1.82, 2.24) is 14.3 Å². The first-order chi connectivity index (χ1) is 11.5. The van der Waals surface area contributed by atoms with Gasteiger partial charge in [0.2, 0.25) is 10.0 Å². The summed E-state index contributed by atoms with van der Waals surface area (Å²) < 4.78 is 31.8. The molecule has 2 aromatic rings. The Balaban J connectivity index is 1.88. The van der Waals surface area contributed by atoms with Crippen LogP contribution in [-0.4, -0.2) is 41.7 Å². The number of carbonyl (C=O) groups is 1. The van der Waals surface area contributed by atoms with E-state index in [4.69, 9.17) is 10.5 Å². The van der Waals surface area contributed by atoms with Crippen LogP contribution in [0.25, 0.3) is 0 Å². The molecule has 0 amide bonds. The molecule has 1 aromatic carbocycles. The van der Waals surface area contributed by atoms with Gasteiger partial charge in [0.25, 0.3) is 0 Å². The molecule has 1 fully saturated rings. The summed E-state index contributed by atoms with van der Waals surface area (Å²) >= 11 is 0. The van der Waals surface area contributed by atoms with E-state index in [0.29, 0.717) is 13.1 Å². The Hall–Kier alpha value is -2.52. The van der Waals surface area contributed by atoms with E-state index in [0.717, 1.165) is 12.8 Å². The number of benzene rings is 1. The molecule has 1 aliphatic rings. The van der Waals surface area contributed by atoms with Crippen LogP contribution in [0.4, 0.5) is 5.69 Å². The first-order valence-electron chi connectivity index (χ1n) is 7.36. The quantitative estimate of drug-likeness (QED) is 0.499. The van der Waals surface area contributed by atoms with E-state index >= 15 is 0 Å². The lowest BCUT2D eigenvalue weighted by atomic mass is 10.3. The lowest BCUT2D eigenvalue weighted by Gasteiger charge is -2.17. The molecule has 126 valence electrons. The van der Waals surface area contributed by atoms with Crippen molar-refractivity contribution in [3.8, 4) is 5.75 Å². The highest BCUT2D eigenvalue weighted by atomic mass is 32.2. The number of hydrogen-bond donors (Lipinski definition) is 1. The van der Waals surface area contributed by atoms with Gasteiger partial charge in [-0.05, 0) is 25.0 Å². The number of hydrogen-bond acceptors (Lipinski definition) is 7. The second-order valence-electron chi connectivity index (χ2n) is 5.29. The van der Waals surface area contributed by atoms with Gasteiger partial charge in [0.05, 0.1) is 11.9 Å². The van der Waals surface area contributed by atoms with Crippen LogP contribution in [0.3, 0.4) is 0 Å². The van der Waals surface area contributed by atoms with Crippen LogP contribution in [-0.2, 0) is 10.0 Å². The third-order valence-corrected chi connectivity index (χ3v) is 5.61. The summed E-state index contributed by atoms with van der Waals surface area (Å²) in [6, 6.07) is 4.10. The number of sulfonamides is 1. The van der Waals surface area contributed by atoms with Gasteiger partial charge in [-0.3, -0.25) is 4.98 Å². The van der Waals surface area contributed by atoms with E-state index in [1.807, 2.05) is 0 Å². The summed E-state index contributed by atoms with van der Waals surface area (Å²) in [5, 5.41) is 0. The number of nitrogen functional groups attached to an aromatic ring is 1. The molecule has 0 saturated carbocycles. The highest BCUT2D eigenvalue weighted by Gasteiger charge is 2.29. The van der Waals surface area contributed by atoms with E-state index in [9.17, 15) is 13.2 Å². The maximum atomic E-state index is 12.6. The first-order valence-corrected chi connectivity index (χ1v) is 8.80. The number of ether oxygens (including phenoxy) is 1. The van der Waals surface area contributed by atoms with Crippen molar-refractivity contribution >= 4 is 21.7 Å². The monoisotopic (exact) mass is 348 g/mol. The van der Waals surface area contributed by atoms with Crippen molar-refractivity contribution in [2.45, 2.75) is 17.7 Å². The molecule has 9 heteroatoms. The number of carbonyl (C=O) groups excluding carboxylic acids is 1. The average molecular weight is 348 g/mol. The summed E-state index contributed by atoms with van der Waals surface area (Å²) in [4.78, 5) is 19.6. The Morgan fingerprint density at radius 1 is 1.21 bits per heavy atom. The van der Waals surface area contributed by atoms with E-state index in [1.165, 1.54) is 41.1 Å². The fourth-order valence-corrected chi connectivity index (χ4v) is 4.08. The zero-order chi connectivity index (χ0) is 17.2. The Bertz CT molecular complexity index is 849. The highest BCUT2D eigenvalue weighted by Crippen LogP contribution is 2.29. The molecule has 0 bridgehead atoms. The van der Waals surface area contributed by atoms with Crippen molar-refractivity contribution in [2.75, 3.05) is 18.8 Å². The molecule has 2 N–H and O–H groups in total. The smallest absolute Gasteiger partial charge is 0.363 e. The van der Waals surface area contributed by atoms with Crippen molar-refractivity contribution in [1.29, 1.82) is 0 Å². The van der Waals surface area contributed by atoms with E-state index in [-0.39, 0.29) is 22.0 Å². The molecule has 8 nitrogen and oxygen atoms in total. The Labute approximate surface area is 139 Å². The normalized spacial score (nSPS) is 15.3. The van der Waals surface area contributed by atoms with Gasteiger partial charge in [0, 0.05) is 31.5 Å². The van der Waals surface area contributed by atoms with Gasteiger partial charge in [-0.1, -0.05) is 0 Å². The maximum absolute atomic E-state index is 12.6. The molecule has 2 heterocycles. The van der Waals surface area contributed by atoms with Crippen molar-refractivity contribution in [3.05, 3.63) is 42.5 Å². The average Bonchev–Trinajstić information content (AvgIpc) is 3.12. The molecule has 0 atom stereocenters.